The second-order valence-electron chi connectivity index (χ2n) is 4.32. The van der Waals surface area contributed by atoms with Gasteiger partial charge in [-0.1, -0.05) is 6.08 Å². The number of nitrogens with one attached hydrogen (secondary N) is 1. The van der Waals surface area contributed by atoms with Crippen LogP contribution in [0.15, 0.2) is 36.9 Å². The second kappa shape index (κ2) is 7.03. The average molecular weight is 311 g/mol. The standard InChI is InChI=1S/C14H17NO5S/c1-4-9-21(18,19)10(2)13(16)15-12-7-5-11(6-8-12)14(17)20-3/h4-8,10H,1,9H2,2-3H3,(H,15,16). The Morgan fingerprint density at radius 2 is 1.90 bits per heavy atom. The quantitative estimate of drug-likeness (QED) is 0.633. The molecule has 0 fully saturated rings. The zero-order chi connectivity index (χ0) is 16.0. The van der Waals surface area contributed by atoms with E-state index >= 15 is 0 Å². The van der Waals surface area contributed by atoms with E-state index in [9.17, 15) is 18.0 Å². The molecule has 1 unspecified atom stereocenters. The first-order valence-corrected chi connectivity index (χ1v) is 7.85. The van der Waals surface area contributed by atoms with Crippen molar-refractivity contribution < 1.29 is 22.7 Å². The number of ether oxygens (including phenoxy) is 1. The smallest absolute Gasteiger partial charge is 0.337 e. The molecule has 0 heterocycles. The lowest BCUT2D eigenvalue weighted by Gasteiger charge is -2.12. The summed E-state index contributed by atoms with van der Waals surface area (Å²) in [5, 5.41) is 1.30. The molecule has 0 spiro atoms. The van der Waals surface area contributed by atoms with Gasteiger partial charge in [0.1, 0.15) is 5.25 Å². The Labute approximate surface area is 123 Å². The van der Waals surface area contributed by atoms with Crippen molar-refractivity contribution in [1.29, 1.82) is 0 Å². The van der Waals surface area contributed by atoms with Crippen LogP contribution >= 0.6 is 0 Å². The average Bonchev–Trinajstić information content (AvgIpc) is 2.46. The number of benzene rings is 1. The number of methoxy groups -OCH3 is 1. The molecule has 1 aromatic carbocycles. The third-order valence-electron chi connectivity index (χ3n) is 2.83. The van der Waals surface area contributed by atoms with E-state index in [0.717, 1.165) is 0 Å². The molecule has 7 heteroatoms. The van der Waals surface area contributed by atoms with E-state index in [-0.39, 0.29) is 5.75 Å². The lowest BCUT2D eigenvalue weighted by atomic mass is 10.2. The van der Waals surface area contributed by atoms with Gasteiger partial charge in [0.15, 0.2) is 9.84 Å². The maximum atomic E-state index is 11.9. The third-order valence-corrected chi connectivity index (χ3v) is 4.82. The van der Waals surface area contributed by atoms with Crippen LogP contribution in [-0.4, -0.2) is 38.4 Å². The molecule has 1 aromatic rings. The molecule has 1 atom stereocenters. The maximum absolute atomic E-state index is 11.9. The molecule has 114 valence electrons. The normalized spacial score (nSPS) is 12.3. The van der Waals surface area contributed by atoms with E-state index in [1.54, 1.807) is 0 Å². The van der Waals surface area contributed by atoms with Crippen molar-refractivity contribution in [3.05, 3.63) is 42.5 Å². The number of esters is 1. The number of carbonyl (C=O) groups excluding carboxylic acids is 2. The van der Waals surface area contributed by atoms with Gasteiger partial charge in [0.05, 0.1) is 18.4 Å². The Hall–Kier alpha value is -2.15. The number of anilines is 1. The SMILES string of the molecule is C=CCS(=O)(=O)C(C)C(=O)Nc1ccc(C(=O)OC)cc1. The highest BCUT2D eigenvalue weighted by atomic mass is 32.2. The topological polar surface area (TPSA) is 89.5 Å². The fourth-order valence-corrected chi connectivity index (χ4v) is 2.53. The minimum atomic E-state index is -3.56. The molecule has 0 aliphatic rings. The van der Waals surface area contributed by atoms with Gasteiger partial charge in [-0.05, 0) is 31.2 Å². The highest BCUT2D eigenvalue weighted by Crippen LogP contribution is 2.12. The van der Waals surface area contributed by atoms with E-state index in [4.69, 9.17) is 0 Å². The first-order chi connectivity index (χ1) is 9.81. The highest BCUT2D eigenvalue weighted by Gasteiger charge is 2.26. The maximum Gasteiger partial charge on any atom is 0.337 e. The minimum Gasteiger partial charge on any atom is -0.465 e. The summed E-state index contributed by atoms with van der Waals surface area (Å²) in [7, 11) is -2.29. The monoisotopic (exact) mass is 311 g/mol. The molecule has 1 N–H and O–H groups in total. The van der Waals surface area contributed by atoms with E-state index in [1.165, 1.54) is 44.4 Å². The van der Waals surface area contributed by atoms with E-state index < -0.39 is 27.0 Å². The van der Waals surface area contributed by atoms with Crippen molar-refractivity contribution in [2.45, 2.75) is 12.2 Å². The van der Waals surface area contributed by atoms with Gasteiger partial charge in [-0.2, -0.15) is 0 Å². The fourth-order valence-electron chi connectivity index (χ4n) is 1.52. The van der Waals surface area contributed by atoms with Gasteiger partial charge in [-0.15, -0.1) is 6.58 Å². The lowest BCUT2D eigenvalue weighted by molar-refractivity contribution is -0.115. The van der Waals surface area contributed by atoms with Crippen LogP contribution in [0.5, 0.6) is 0 Å². The number of rotatable bonds is 6. The van der Waals surface area contributed by atoms with Crippen molar-refractivity contribution >= 4 is 27.4 Å². The van der Waals surface area contributed by atoms with Crippen LogP contribution in [0.1, 0.15) is 17.3 Å². The van der Waals surface area contributed by atoms with Crippen molar-refractivity contribution in [3.63, 3.8) is 0 Å². The predicted octanol–water partition coefficient (Wildman–Crippen LogP) is 1.40. The molecule has 0 aliphatic carbocycles. The van der Waals surface area contributed by atoms with Crippen LogP contribution in [0.3, 0.4) is 0 Å². The summed E-state index contributed by atoms with van der Waals surface area (Å²) in [5.74, 6) is -1.39. The Morgan fingerprint density at radius 3 is 2.38 bits per heavy atom. The molecule has 21 heavy (non-hydrogen) atoms. The molecular formula is C14H17NO5S. The number of carbonyl (C=O) groups is 2. The van der Waals surface area contributed by atoms with Crippen molar-refractivity contribution in [2.75, 3.05) is 18.2 Å². The van der Waals surface area contributed by atoms with Gasteiger partial charge < -0.3 is 10.1 Å². The summed E-state index contributed by atoms with van der Waals surface area (Å²) in [5.41, 5.74) is 0.733. The Kier molecular flexibility index (Phi) is 5.66. The second-order valence-corrected chi connectivity index (χ2v) is 6.68. The molecule has 0 aliphatic heterocycles. The van der Waals surface area contributed by atoms with Crippen molar-refractivity contribution in [3.8, 4) is 0 Å². The van der Waals surface area contributed by atoms with Crippen LogP contribution in [-0.2, 0) is 19.4 Å². The zero-order valence-corrected chi connectivity index (χ0v) is 12.6. The summed E-state index contributed by atoms with van der Waals surface area (Å²) in [6.07, 6.45) is 1.24. The molecule has 6 nitrogen and oxygen atoms in total. The van der Waals surface area contributed by atoms with Crippen LogP contribution < -0.4 is 5.32 Å². The van der Waals surface area contributed by atoms with Crippen molar-refractivity contribution in [1.82, 2.24) is 0 Å². The summed E-state index contributed by atoms with van der Waals surface area (Å²) in [6.45, 7) is 4.67. The highest BCUT2D eigenvalue weighted by molar-refractivity contribution is 7.92. The molecule has 0 aromatic heterocycles. The van der Waals surface area contributed by atoms with E-state index in [0.29, 0.717) is 11.3 Å². The minimum absolute atomic E-state index is 0.261. The Balaban J connectivity index is 2.79. The summed E-state index contributed by atoms with van der Waals surface area (Å²) < 4.78 is 28.1. The van der Waals surface area contributed by atoms with E-state index in [2.05, 4.69) is 16.6 Å². The predicted molar refractivity (Wildman–Crippen MR) is 79.9 cm³/mol. The summed E-state index contributed by atoms with van der Waals surface area (Å²) in [4.78, 5) is 23.2. The van der Waals surface area contributed by atoms with Crippen LogP contribution in [0.4, 0.5) is 5.69 Å². The Morgan fingerprint density at radius 1 is 1.33 bits per heavy atom. The van der Waals surface area contributed by atoms with Gasteiger partial charge in [-0.25, -0.2) is 13.2 Å². The van der Waals surface area contributed by atoms with Gasteiger partial charge in [0, 0.05) is 5.69 Å². The molecular weight excluding hydrogens is 294 g/mol. The molecule has 1 amide bonds. The zero-order valence-electron chi connectivity index (χ0n) is 11.8. The molecule has 0 radical (unpaired) electrons. The number of amides is 1. The summed E-state index contributed by atoms with van der Waals surface area (Å²) >= 11 is 0. The van der Waals surface area contributed by atoms with Gasteiger partial charge >= 0.3 is 5.97 Å². The Bertz CT molecular complexity index is 634. The molecule has 0 saturated heterocycles. The van der Waals surface area contributed by atoms with Crippen LogP contribution in [0.25, 0.3) is 0 Å². The lowest BCUT2D eigenvalue weighted by Crippen LogP contribution is -2.33. The molecule has 1 rings (SSSR count). The van der Waals surface area contributed by atoms with Crippen LogP contribution in [0, 0.1) is 0 Å². The number of hydrogen-bond acceptors (Lipinski definition) is 5. The van der Waals surface area contributed by atoms with Gasteiger partial charge in [-0.3, -0.25) is 4.79 Å². The van der Waals surface area contributed by atoms with Crippen molar-refractivity contribution in [2.24, 2.45) is 0 Å². The third kappa shape index (κ3) is 4.42. The largest absolute Gasteiger partial charge is 0.465 e. The number of sulfone groups is 1. The van der Waals surface area contributed by atoms with Crippen LogP contribution in [0.2, 0.25) is 0 Å². The fraction of sp³-hybridized carbons (Fsp3) is 0.286. The van der Waals surface area contributed by atoms with Gasteiger partial charge in [0.25, 0.3) is 0 Å². The van der Waals surface area contributed by atoms with Gasteiger partial charge in [0.2, 0.25) is 5.91 Å². The first kappa shape index (κ1) is 16.9. The molecule has 0 bridgehead atoms. The first-order valence-electron chi connectivity index (χ1n) is 6.13. The number of hydrogen-bond donors (Lipinski definition) is 1. The summed E-state index contributed by atoms with van der Waals surface area (Å²) in [6, 6.07) is 5.95. The van der Waals surface area contributed by atoms with E-state index in [1.807, 2.05) is 0 Å². The molecule has 0 saturated carbocycles.